The molecule has 1 aromatic carbocycles. The summed E-state index contributed by atoms with van der Waals surface area (Å²) in [4.78, 5) is 15.2. The molecule has 2 bridgehead atoms. The molecular formula is C19H20FNO. The van der Waals surface area contributed by atoms with Gasteiger partial charge < -0.3 is 4.90 Å². The number of fused-ring (bicyclic) bond motifs is 2. The van der Waals surface area contributed by atoms with Crippen LogP contribution in [0.2, 0.25) is 0 Å². The van der Waals surface area contributed by atoms with Crippen LogP contribution in [0.3, 0.4) is 0 Å². The highest BCUT2D eigenvalue weighted by atomic mass is 19.1. The van der Waals surface area contributed by atoms with Crippen molar-refractivity contribution in [1.29, 1.82) is 0 Å². The van der Waals surface area contributed by atoms with Crippen LogP contribution in [0, 0.1) is 23.1 Å². The predicted molar refractivity (Wildman–Crippen MR) is 81.2 cm³/mol. The maximum Gasteiger partial charge on any atom is 0.229 e. The third-order valence-corrected chi connectivity index (χ3v) is 6.50. The minimum atomic E-state index is -0.202. The van der Waals surface area contributed by atoms with E-state index in [1.54, 1.807) is 11.6 Å². The lowest BCUT2D eigenvalue weighted by atomic mass is 9.75. The molecule has 5 rings (SSSR count). The van der Waals surface area contributed by atoms with Crippen LogP contribution in [0.15, 0.2) is 29.8 Å². The van der Waals surface area contributed by atoms with E-state index in [-0.39, 0.29) is 11.2 Å². The number of carbonyl (C=O) groups is 1. The second-order valence-electron chi connectivity index (χ2n) is 7.65. The van der Waals surface area contributed by atoms with E-state index in [2.05, 4.69) is 6.08 Å². The van der Waals surface area contributed by atoms with E-state index in [9.17, 15) is 9.18 Å². The highest BCUT2D eigenvalue weighted by Gasteiger charge is 2.55. The van der Waals surface area contributed by atoms with Gasteiger partial charge in [-0.3, -0.25) is 4.79 Å². The molecule has 1 aliphatic heterocycles. The smallest absolute Gasteiger partial charge is 0.229 e. The zero-order valence-corrected chi connectivity index (χ0v) is 12.6. The van der Waals surface area contributed by atoms with Gasteiger partial charge in [-0.05, 0) is 67.2 Å². The molecule has 0 saturated heterocycles. The van der Waals surface area contributed by atoms with E-state index in [1.807, 2.05) is 11.0 Å². The summed E-state index contributed by atoms with van der Waals surface area (Å²) in [5.41, 5.74) is 3.56. The van der Waals surface area contributed by atoms with Crippen LogP contribution in [0.5, 0.6) is 0 Å². The van der Waals surface area contributed by atoms with Crippen LogP contribution < -0.4 is 0 Å². The number of carbonyl (C=O) groups excluding carboxylic acids is 1. The molecule has 2 fully saturated rings. The molecule has 0 N–H and O–H groups in total. The SMILES string of the molecule is O=C(N1Cc2ccc(F)cc2C1)C12CC=C3CCC(C1)C3C2. The molecule has 4 aliphatic rings. The van der Waals surface area contributed by atoms with Gasteiger partial charge in [-0.25, -0.2) is 4.39 Å². The van der Waals surface area contributed by atoms with Crippen molar-refractivity contribution in [3.63, 3.8) is 0 Å². The fraction of sp³-hybridized carbons (Fsp3) is 0.526. The van der Waals surface area contributed by atoms with E-state index < -0.39 is 0 Å². The van der Waals surface area contributed by atoms with E-state index in [0.717, 1.165) is 36.3 Å². The molecule has 0 spiro atoms. The second kappa shape index (κ2) is 4.21. The van der Waals surface area contributed by atoms with Crippen molar-refractivity contribution in [3.8, 4) is 0 Å². The van der Waals surface area contributed by atoms with Gasteiger partial charge in [0.15, 0.2) is 0 Å². The van der Waals surface area contributed by atoms with E-state index >= 15 is 0 Å². The van der Waals surface area contributed by atoms with Gasteiger partial charge in [0.2, 0.25) is 5.91 Å². The van der Waals surface area contributed by atoms with Gasteiger partial charge in [0.05, 0.1) is 5.41 Å². The average Bonchev–Trinajstić information content (AvgIpc) is 3.14. The Labute approximate surface area is 130 Å². The summed E-state index contributed by atoms with van der Waals surface area (Å²) >= 11 is 0. The van der Waals surface area contributed by atoms with Gasteiger partial charge in [-0.2, -0.15) is 0 Å². The molecule has 1 amide bonds. The predicted octanol–water partition coefficient (Wildman–Crippen LogP) is 3.80. The summed E-state index contributed by atoms with van der Waals surface area (Å²) in [6.07, 6.45) is 7.95. The van der Waals surface area contributed by atoms with E-state index in [4.69, 9.17) is 0 Å². The summed E-state index contributed by atoms with van der Waals surface area (Å²) in [7, 11) is 0. The Balaban J connectivity index is 1.43. The number of nitrogens with zero attached hydrogens (tertiary/aromatic N) is 1. The van der Waals surface area contributed by atoms with Gasteiger partial charge in [-0.15, -0.1) is 0 Å². The summed E-state index contributed by atoms with van der Waals surface area (Å²) < 4.78 is 13.4. The van der Waals surface area contributed by atoms with Crippen molar-refractivity contribution in [2.75, 3.05) is 0 Å². The van der Waals surface area contributed by atoms with Gasteiger partial charge in [0, 0.05) is 13.1 Å². The number of hydrogen-bond acceptors (Lipinski definition) is 1. The topological polar surface area (TPSA) is 20.3 Å². The van der Waals surface area contributed by atoms with Gasteiger partial charge in [0.1, 0.15) is 5.82 Å². The van der Waals surface area contributed by atoms with Crippen LogP contribution in [-0.2, 0) is 17.9 Å². The van der Waals surface area contributed by atoms with Crippen LogP contribution in [0.1, 0.15) is 43.2 Å². The molecule has 0 aromatic heterocycles. The highest BCUT2D eigenvalue weighted by molar-refractivity contribution is 5.84. The van der Waals surface area contributed by atoms with Crippen molar-refractivity contribution in [1.82, 2.24) is 4.90 Å². The first-order chi connectivity index (χ1) is 10.6. The normalized spacial score (nSPS) is 34.8. The molecule has 2 nitrogen and oxygen atoms in total. The third-order valence-electron chi connectivity index (χ3n) is 6.50. The van der Waals surface area contributed by atoms with E-state index in [0.29, 0.717) is 24.9 Å². The first-order valence-corrected chi connectivity index (χ1v) is 8.40. The fourth-order valence-corrected chi connectivity index (χ4v) is 5.44. The van der Waals surface area contributed by atoms with Crippen molar-refractivity contribution < 1.29 is 9.18 Å². The molecule has 22 heavy (non-hydrogen) atoms. The maximum absolute atomic E-state index is 13.4. The summed E-state index contributed by atoms with van der Waals surface area (Å²) in [5.74, 6) is 1.53. The molecule has 0 radical (unpaired) electrons. The number of hydrogen-bond donors (Lipinski definition) is 0. The number of allylic oxidation sites excluding steroid dienone is 2. The number of rotatable bonds is 1. The first-order valence-electron chi connectivity index (χ1n) is 8.40. The molecule has 114 valence electrons. The van der Waals surface area contributed by atoms with Crippen molar-refractivity contribution in [3.05, 3.63) is 46.8 Å². The summed E-state index contributed by atoms with van der Waals surface area (Å²) in [6, 6.07) is 4.92. The quantitative estimate of drug-likeness (QED) is 0.722. The maximum atomic E-state index is 13.4. The molecule has 3 aliphatic carbocycles. The summed E-state index contributed by atoms with van der Waals surface area (Å²) in [5, 5.41) is 0. The van der Waals surface area contributed by atoms with Crippen LogP contribution >= 0.6 is 0 Å². The first kappa shape index (κ1) is 12.9. The van der Waals surface area contributed by atoms with Crippen LogP contribution in [0.25, 0.3) is 0 Å². The van der Waals surface area contributed by atoms with Crippen molar-refractivity contribution in [2.24, 2.45) is 17.3 Å². The lowest BCUT2D eigenvalue weighted by Crippen LogP contribution is -2.41. The second-order valence-corrected chi connectivity index (χ2v) is 7.65. The Kier molecular flexibility index (Phi) is 2.46. The Morgan fingerprint density at radius 3 is 3.00 bits per heavy atom. The van der Waals surface area contributed by atoms with Crippen LogP contribution in [-0.4, -0.2) is 10.8 Å². The molecule has 1 aromatic rings. The zero-order chi connectivity index (χ0) is 14.9. The molecule has 3 heteroatoms. The number of halogens is 1. The van der Waals surface area contributed by atoms with Crippen molar-refractivity contribution in [2.45, 2.75) is 45.2 Å². The summed E-state index contributed by atoms with van der Waals surface area (Å²) in [6.45, 7) is 1.24. The molecule has 3 unspecified atom stereocenters. The number of amides is 1. The Bertz CT molecular complexity index is 709. The highest BCUT2D eigenvalue weighted by Crippen LogP contribution is 2.60. The Morgan fingerprint density at radius 2 is 2.09 bits per heavy atom. The van der Waals surface area contributed by atoms with Gasteiger partial charge in [0.25, 0.3) is 0 Å². The molecule has 1 heterocycles. The zero-order valence-electron chi connectivity index (χ0n) is 12.6. The molecular weight excluding hydrogens is 277 g/mol. The minimum Gasteiger partial charge on any atom is -0.334 e. The lowest BCUT2D eigenvalue weighted by molar-refractivity contribution is -0.143. The van der Waals surface area contributed by atoms with Gasteiger partial charge >= 0.3 is 0 Å². The van der Waals surface area contributed by atoms with Gasteiger partial charge in [-0.1, -0.05) is 17.7 Å². The monoisotopic (exact) mass is 297 g/mol. The average molecular weight is 297 g/mol. The Hall–Kier alpha value is -1.64. The van der Waals surface area contributed by atoms with Crippen molar-refractivity contribution >= 4 is 5.91 Å². The van der Waals surface area contributed by atoms with E-state index in [1.165, 1.54) is 18.9 Å². The fourth-order valence-electron chi connectivity index (χ4n) is 5.44. The number of benzene rings is 1. The molecule has 3 atom stereocenters. The van der Waals surface area contributed by atoms with Crippen LogP contribution in [0.4, 0.5) is 4.39 Å². The largest absolute Gasteiger partial charge is 0.334 e. The standard InChI is InChI=1S/C19H20FNO/c20-16-4-3-14-10-21(11-15(14)7-16)18(22)19-6-5-12-1-2-13(8-19)17(12)9-19/h3-5,7,13,17H,1-2,6,8-11H2. The Morgan fingerprint density at radius 1 is 1.23 bits per heavy atom. The molecule has 2 saturated carbocycles. The minimum absolute atomic E-state index is 0.153. The third kappa shape index (κ3) is 1.62. The lowest BCUT2D eigenvalue weighted by Gasteiger charge is -2.34.